The fraction of sp³-hybridized carbons (Fsp3) is 0.500. The van der Waals surface area contributed by atoms with E-state index in [-0.39, 0.29) is 11.2 Å². The molecule has 0 unspecified atom stereocenters. The van der Waals surface area contributed by atoms with Crippen LogP contribution in [0, 0.1) is 0 Å². The predicted octanol–water partition coefficient (Wildman–Crippen LogP) is 2.98. The number of hydrogen-bond acceptors (Lipinski definition) is 7. The Hall–Kier alpha value is -1.71. The zero-order chi connectivity index (χ0) is 19.2. The van der Waals surface area contributed by atoms with Crippen LogP contribution in [0.5, 0.6) is 0 Å². The molecule has 1 atom stereocenters. The number of hydrogen-bond donors (Lipinski definition) is 1. The van der Waals surface area contributed by atoms with Crippen molar-refractivity contribution in [3.05, 3.63) is 24.3 Å². The quantitative estimate of drug-likeness (QED) is 0.708. The maximum absolute atomic E-state index is 12.7. The normalized spacial score (nSPS) is 15.6. The molecule has 27 heavy (non-hydrogen) atoms. The van der Waals surface area contributed by atoms with E-state index in [4.69, 9.17) is 4.74 Å². The lowest BCUT2D eigenvalue weighted by Crippen LogP contribution is -2.38. The molecule has 0 aliphatic carbocycles. The Labute approximate surface area is 168 Å². The van der Waals surface area contributed by atoms with E-state index in [2.05, 4.69) is 31.9 Å². The molecule has 0 spiro atoms. The predicted molar refractivity (Wildman–Crippen MR) is 111 cm³/mol. The van der Waals surface area contributed by atoms with Crippen LogP contribution < -0.4 is 10.2 Å². The topological polar surface area (TPSA) is 72.3 Å². The third-order valence-corrected chi connectivity index (χ3v) is 6.20. The number of rotatable bonds is 7. The average molecular weight is 408 g/mol. The first-order chi connectivity index (χ1) is 13.1. The number of carbonyl (C=O) groups excluding carboxylic acids is 1. The van der Waals surface area contributed by atoms with Gasteiger partial charge in [-0.05, 0) is 32.2 Å². The van der Waals surface area contributed by atoms with Crippen LogP contribution in [0.4, 0.5) is 11.6 Å². The number of amides is 1. The summed E-state index contributed by atoms with van der Waals surface area (Å²) >= 11 is 3.05. The van der Waals surface area contributed by atoms with Crippen LogP contribution in [0.1, 0.15) is 13.8 Å². The van der Waals surface area contributed by atoms with Gasteiger partial charge in [0.05, 0.1) is 24.2 Å². The van der Waals surface area contributed by atoms with Crippen molar-refractivity contribution in [1.29, 1.82) is 0 Å². The second kappa shape index (κ2) is 9.48. The smallest absolute Gasteiger partial charge is 0.237 e. The summed E-state index contributed by atoms with van der Waals surface area (Å²) in [6.45, 7) is 7.74. The van der Waals surface area contributed by atoms with Crippen LogP contribution in [-0.2, 0) is 16.1 Å². The first-order valence-corrected chi connectivity index (χ1v) is 11.1. The molecule has 1 aliphatic rings. The molecule has 1 aliphatic heterocycles. The van der Waals surface area contributed by atoms with Crippen LogP contribution in [-0.4, -0.2) is 58.5 Å². The highest BCUT2D eigenvalue weighted by molar-refractivity contribution is 8.00. The summed E-state index contributed by atoms with van der Waals surface area (Å²) in [4.78, 5) is 15.9. The number of morpholine rings is 1. The minimum absolute atomic E-state index is 0.0416. The third kappa shape index (κ3) is 4.77. The molecule has 1 saturated heterocycles. The van der Waals surface area contributed by atoms with Gasteiger partial charge in [-0.15, -0.1) is 22.0 Å². The van der Waals surface area contributed by atoms with Crippen molar-refractivity contribution in [2.24, 2.45) is 0 Å². The Morgan fingerprint density at radius 2 is 2.04 bits per heavy atom. The minimum atomic E-state index is -0.285. The summed E-state index contributed by atoms with van der Waals surface area (Å²) < 4.78 is 7.48. The van der Waals surface area contributed by atoms with Crippen LogP contribution >= 0.6 is 23.5 Å². The maximum atomic E-state index is 12.7. The number of nitrogens with zero attached hydrogens (tertiary/aromatic N) is 4. The van der Waals surface area contributed by atoms with Crippen molar-refractivity contribution < 1.29 is 9.53 Å². The van der Waals surface area contributed by atoms with Gasteiger partial charge in [0.2, 0.25) is 11.9 Å². The van der Waals surface area contributed by atoms with Crippen LogP contribution in [0.3, 0.4) is 0 Å². The molecule has 0 saturated carbocycles. The molecular weight excluding hydrogens is 382 g/mol. The maximum Gasteiger partial charge on any atom is 0.237 e. The molecule has 146 valence electrons. The monoisotopic (exact) mass is 407 g/mol. The Balaban J connectivity index is 1.69. The van der Waals surface area contributed by atoms with Crippen LogP contribution in [0.25, 0.3) is 0 Å². The van der Waals surface area contributed by atoms with Gasteiger partial charge in [-0.25, -0.2) is 0 Å². The van der Waals surface area contributed by atoms with E-state index in [9.17, 15) is 4.79 Å². The van der Waals surface area contributed by atoms with Gasteiger partial charge in [0, 0.05) is 24.5 Å². The van der Waals surface area contributed by atoms with Gasteiger partial charge in [-0.3, -0.25) is 9.36 Å². The van der Waals surface area contributed by atoms with Gasteiger partial charge in [0.1, 0.15) is 0 Å². The molecule has 9 heteroatoms. The number of ether oxygens (including phenoxy) is 1. The molecular formula is C18H25N5O2S2. The molecule has 1 aromatic heterocycles. The molecule has 1 aromatic carbocycles. The molecule has 1 amide bonds. The highest BCUT2D eigenvalue weighted by Crippen LogP contribution is 2.29. The lowest BCUT2D eigenvalue weighted by molar-refractivity contribution is -0.115. The summed E-state index contributed by atoms with van der Waals surface area (Å²) in [5.41, 5.74) is 0.841. The molecule has 1 N–H and O–H groups in total. The van der Waals surface area contributed by atoms with Crippen LogP contribution in [0.15, 0.2) is 34.3 Å². The Kier molecular flexibility index (Phi) is 7.03. The van der Waals surface area contributed by atoms with Gasteiger partial charge in [-0.2, -0.15) is 0 Å². The lowest BCUT2D eigenvalue weighted by Gasteiger charge is -2.27. The van der Waals surface area contributed by atoms with Gasteiger partial charge >= 0.3 is 0 Å². The number of benzene rings is 1. The SMILES string of the molecule is CCn1c(S[C@@H](C)C(=O)Nc2ccccc2SC)nnc1N1CCOCC1. The fourth-order valence-electron chi connectivity index (χ4n) is 2.84. The van der Waals surface area contributed by atoms with Gasteiger partial charge < -0.3 is 15.0 Å². The molecule has 2 heterocycles. The number of carbonyl (C=O) groups is 1. The molecule has 7 nitrogen and oxygen atoms in total. The minimum Gasteiger partial charge on any atom is -0.378 e. The van der Waals surface area contributed by atoms with Crippen molar-refractivity contribution in [3.63, 3.8) is 0 Å². The summed E-state index contributed by atoms with van der Waals surface area (Å²) in [5, 5.41) is 12.2. The van der Waals surface area contributed by atoms with Gasteiger partial charge in [0.15, 0.2) is 5.16 Å². The van der Waals surface area contributed by atoms with E-state index in [1.165, 1.54) is 11.8 Å². The highest BCUT2D eigenvalue weighted by Gasteiger charge is 2.23. The Morgan fingerprint density at radius 3 is 2.74 bits per heavy atom. The van der Waals surface area contributed by atoms with E-state index in [0.29, 0.717) is 13.2 Å². The zero-order valence-corrected chi connectivity index (χ0v) is 17.5. The molecule has 1 fully saturated rings. The highest BCUT2D eigenvalue weighted by atomic mass is 32.2. The molecule has 0 radical (unpaired) electrons. The number of para-hydroxylation sites is 1. The average Bonchev–Trinajstić information content (AvgIpc) is 3.11. The number of anilines is 2. The summed E-state index contributed by atoms with van der Waals surface area (Å²) in [6.07, 6.45) is 2.00. The Bertz CT molecular complexity index is 777. The third-order valence-electron chi connectivity index (χ3n) is 4.32. The summed E-state index contributed by atoms with van der Waals surface area (Å²) in [6, 6.07) is 7.82. The number of aromatic nitrogens is 3. The fourth-order valence-corrected chi connectivity index (χ4v) is 4.30. The van der Waals surface area contributed by atoms with E-state index >= 15 is 0 Å². The Morgan fingerprint density at radius 1 is 1.30 bits per heavy atom. The lowest BCUT2D eigenvalue weighted by atomic mass is 10.3. The van der Waals surface area contributed by atoms with Crippen molar-refractivity contribution in [2.75, 3.05) is 42.8 Å². The number of nitrogens with one attached hydrogen (secondary N) is 1. The van der Waals surface area contributed by atoms with E-state index in [1.54, 1.807) is 11.8 Å². The first-order valence-electron chi connectivity index (χ1n) is 9.00. The number of thioether (sulfide) groups is 2. The molecule has 2 aromatic rings. The molecule has 0 bridgehead atoms. The van der Waals surface area contributed by atoms with Crippen molar-refractivity contribution >= 4 is 41.1 Å². The van der Waals surface area contributed by atoms with E-state index in [1.807, 2.05) is 37.4 Å². The van der Waals surface area contributed by atoms with Gasteiger partial charge in [-0.1, -0.05) is 23.9 Å². The van der Waals surface area contributed by atoms with E-state index in [0.717, 1.165) is 41.3 Å². The first kappa shape index (κ1) is 20.0. The van der Waals surface area contributed by atoms with Crippen LogP contribution in [0.2, 0.25) is 0 Å². The second-order valence-corrected chi connectivity index (χ2v) is 8.23. The largest absolute Gasteiger partial charge is 0.378 e. The second-order valence-electron chi connectivity index (χ2n) is 6.08. The van der Waals surface area contributed by atoms with Gasteiger partial charge in [0.25, 0.3) is 0 Å². The van der Waals surface area contributed by atoms with Crippen molar-refractivity contribution in [1.82, 2.24) is 14.8 Å². The summed E-state index contributed by atoms with van der Waals surface area (Å²) in [7, 11) is 0. The summed E-state index contributed by atoms with van der Waals surface area (Å²) in [5.74, 6) is 0.809. The standard InChI is InChI=1S/C18H25N5O2S2/c1-4-23-17(22-9-11-25-12-10-22)20-21-18(23)27-13(2)16(24)19-14-7-5-6-8-15(14)26-3/h5-8,13H,4,9-12H2,1-3H3,(H,19,24)/t13-/m0/s1. The molecule has 3 rings (SSSR count). The van der Waals surface area contributed by atoms with E-state index < -0.39 is 0 Å². The van der Waals surface area contributed by atoms with Crippen molar-refractivity contribution in [2.45, 2.75) is 35.7 Å². The van der Waals surface area contributed by atoms with Crippen molar-refractivity contribution in [3.8, 4) is 0 Å². The zero-order valence-electron chi connectivity index (χ0n) is 15.8.